The number of hydrogen-bond acceptors (Lipinski definition) is 5. The molecule has 5 rings (SSSR count). The van der Waals surface area contributed by atoms with E-state index in [0.29, 0.717) is 17.9 Å². The fourth-order valence-electron chi connectivity index (χ4n) is 4.47. The molecule has 0 saturated carbocycles. The Balaban J connectivity index is 1.36. The summed E-state index contributed by atoms with van der Waals surface area (Å²) >= 11 is 0. The van der Waals surface area contributed by atoms with Crippen LogP contribution >= 0.6 is 0 Å². The zero-order chi connectivity index (χ0) is 24.2. The second-order valence-electron chi connectivity index (χ2n) is 9.05. The molecule has 0 radical (unpaired) electrons. The molecule has 0 aliphatic carbocycles. The molecule has 1 unspecified atom stereocenters. The molecule has 1 aliphatic heterocycles. The lowest BCUT2D eigenvalue weighted by Crippen LogP contribution is -2.49. The summed E-state index contributed by atoms with van der Waals surface area (Å²) in [6.45, 7) is 4.43. The lowest BCUT2D eigenvalue weighted by molar-refractivity contribution is 0.0498. The Kier molecular flexibility index (Phi) is 6.55. The van der Waals surface area contributed by atoms with E-state index in [1.807, 2.05) is 53.4 Å². The monoisotopic (exact) mass is 463 g/mol. The first-order valence-corrected chi connectivity index (χ1v) is 11.9. The van der Waals surface area contributed by atoms with Crippen molar-refractivity contribution in [3.63, 3.8) is 0 Å². The van der Waals surface area contributed by atoms with Crippen molar-refractivity contribution >= 4 is 17.4 Å². The molecule has 1 fully saturated rings. The summed E-state index contributed by atoms with van der Waals surface area (Å²) in [6, 6.07) is 28.1. The molecule has 0 bridgehead atoms. The Morgan fingerprint density at radius 1 is 0.914 bits per heavy atom. The number of anilines is 2. The van der Waals surface area contributed by atoms with Crippen molar-refractivity contribution in [2.45, 2.75) is 13.0 Å². The molecule has 4 aromatic rings. The van der Waals surface area contributed by atoms with Crippen LogP contribution in [0.2, 0.25) is 0 Å². The maximum Gasteiger partial charge on any atom is 0.254 e. The fourth-order valence-corrected chi connectivity index (χ4v) is 4.47. The molecule has 35 heavy (non-hydrogen) atoms. The Hall–Kier alpha value is -4.03. The lowest BCUT2D eigenvalue weighted by atomic mass is 10.0. The van der Waals surface area contributed by atoms with Crippen molar-refractivity contribution in [2.75, 3.05) is 32.0 Å². The van der Waals surface area contributed by atoms with Crippen LogP contribution in [-0.4, -0.2) is 52.4 Å². The maximum atomic E-state index is 13.6. The lowest BCUT2D eigenvalue weighted by Gasteiger charge is -2.40. The molecule has 0 spiro atoms. The first kappa shape index (κ1) is 22.7. The van der Waals surface area contributed by atoms with Crippen molar-refractivity contribution in [1.29, 1.82) is 0 Å². The van der Waals surface area contributed by atoms with Gasteiger partial charge in [-0.1, -0.05) is 66.2 Å². The summed E-state index contributed by atoms with van der Waals surface area (Å²) in [5.74, 6) is 0.723. The Morgan fingerprint density at radius 3 is 2.51 bits per heavy atom. The third-order valence-electron chi connectivity index (χ3n) is 6.43. The van der Waals surface area contributed by atoms with Crippen LogP contribution in [0.25, 0.3) is 11.3 Å². The van der Waals surface area contributed by atoms with E-state index in [-0.39, 0.29) is 11.9 Å². The fraction of sp³-hybridized carbons (Fsp3) is 0.207. The number of piperazine rings is 1. The molecule has 1 amide bonds. The van der Waals surface area contributed by atoms with Crippen molar-refractivity contribution in [1.82, 2.24) is 19.8 Å². The first-order valence-electron chi connectivity index (χ1n) is 11.9. The predicted octanol–water partition coefficient (Wildman–Crippen LogP) is 5.32. The van der Waals surface area contributed by atoms with Gasteiger partial charge in [0.15, 0.2) is 0 Å². The smallest absolute Gasteiger partial charge is 0.254 e. The van der Waals surface area contributed by atoms with E-state index in [1.165, 1.54) is 5.56 Å². The quantitative estimate of drug-likeness (QED) is 0.434. The van der Waals surface area contributed by atoms with Gasteiger partial charge in [0.1, 0.15) is 12.1 Å². The highest BCUT2D eigenvalue weighted by atomic mass is 16.2. The number of aryl methyl sites for hydroxylation is 1. The summed E-state index contributed by atoms with van der Waals surface area (Å²) in [7, 11) is 2.11. The van der Waals surface area contributed by atoms with E-state index in [2.05, 4.69) is 70.6 Å². The highest BCUT2D eigenvalue weighted by Gasteiger charge is 2.30. The summed E-state index contributed by atoms with van der Waals surface area (Å²) < 4.78 is 0. The van der Waals surface area contributed by atoms with E-state index in [0.717, 1.165) is 35.6 Å². The van der Waals surface area contributed by atoms with Crippen LogP contribution in [0, 0.1) is 6.92 Å². The number of aromatic nitrogens is 2. The topological polar surface area (TPSA) is 61.4 Å². The normalized spacial score (nSPS) is 16.2. The molecule has 3 aromatic carbocycles. The number of nitrogens with one attached hydrogen (secondary N) is 1. The number of rotatable bonds is 5. The van der Waals surface area contributed by atoms with Gasteiger partial charge in [-0.25, -0.2) is 9.97 Å². The van der Waals surface area contributed by atoms with Crippen molar-refractivity contribution < 1.29 is 4.79 Å². The summed E-state index contributed by atoms with van der Waals surface area (Å²) in [6.07, 6.45) is 1.56. The molecule has 1 aliphatic rings. The molecule has 176 valence electrons. The summed E-state index contributed by atoms with van der Waals surface area (Å²) in [5.41, 5.74) is 5.72. The maximum absolute atomic E-state index is 13.6. The van der Waals surface area contributed by atoms with Crippen molar-refractivity contribution in [2.24, 2.45) is 0 Å². The number of benzene rings is 3. The number of carbonyl (C=O) groups excluding carboxylic acids is 1. The van der Waals surface area contributed by atoms with Gasteiger partial charge < -0.3 is 15.1 Å². The van der Waals surface area contributed by atoms with E-state index in [9.17, 15) is 4.79 Å². The van der Waals surface area contributed by atoms with E-state index >= 15 is 0 Å². The highest BCUT2D eigenvalue weighted by Crippen LogP contribution is 2.28. The van der Waals surface area contributed by atoms with Crippen LogP contribution in [0.4, 0.5) is 11.5 Å². The van der Waals surface area contributed by atoms with Crippen LogP contribution in [0.3, 0.4) is 0 Å². The van der Waals surface area contributed by atoms with Gasteiger partial charge in [0.05, 0.1) is 11.7 Å². The van der Waals surface area contributed by atoms with Crippen LogP contribution in [0.15, 0.2) is 91.3 Å². The Labute approximate surface area is 206 Å². The van der Waals surface area contributed by atoms with Crippen LogP contribution in [0.1, 0.15) is 27.5 Å². The minimum atomic E-state index is 0.0259. The average molecular weight is 464 g/mol. The van der Waals surface area contributed by atoms with Gasteiger partial charge in [-0.05, 0) is 37.7 Å². The molecule has 1 N–H and O–H groups in total. The van der Waals surface area contributed by atoms with E-state index < -0.39 is 0 Å². The third-order valence-corrected chi connectivity index (χ3v) is 6.43. The van der Waals surface area contributed by atoms with Crippen LogP contribution in [0.5, 0.6) is 0 Å². The molecular formula is C29H29N5O. The third kappa shape index (κ3) is 5.23. The Bertz CT molecular complexity index is 1310. The molecule has 6 heteroatoms. The van der Waals surface area contributed by atoms with Gasteiger partial charge in [0.25, 0.3) is 5.91 Å². The number of likely N-dealkylation sites (N-methyl/N-ethyl adjacent to an activating group) is 1. The zero-order valence-corrected chi connectivity index (χ0v) is 20.1. The van der Waals surface area contributed by atoms with Gasteiger partial charge in [-0.2, -0.15) is 0 Å². The summed E-state index contributed by atoms with van der Waals surface area (Å²) in [5, 5.41) is 3.34. The molecule has 1 aromatic heterocycles. The predicted molar refractivity (Wildman–Crippen MR) is 140 cm³/mol. The first-order chi connectivity index (χ1) is 17.1. The number of carbonyl (C=O) groups is 1. The van der Waals surface area contributed by atoms with Crippen molar-refractivity contribution in [3.8, 4) is 11.3 Å². The molecule has 1 atom stereocenters. The number of nitrogens with zero attached hydrogens (tertiary/aromatic N) is 4. The standard InChI is InChI=1S/C29H29N5O/c1-21-11-13-22(14-12-21)26-18-28(31-20-30-26)32-25-10-6-9-24(17-25)29(35)34-16-15-33(2)19-27(34)23-7-4-3-5-8-23/h3-14,17-18,20,27H,15-16,19H2,1-2H3,(H,30,31,32). The second kappa shape index (κ2) is 10.1. The van der Waals surface area contributed by atoms with Crippen molar-refractivity contribution in [3.05, 3.63) is 108 Å². The van der Waals surface area contributed by atoms with Crippen LogP contribution in [-0.2, 0) is 0 Å². The number of hydrogen-bond donors (Lipinski definition) is 1. The van der Waals surface area contributed by atoms with Gasteiger partial charge in [-0.15, -0.1) is 0 Å². The zero-order valence-electron chi connectivity index (χ0n) is 20.1. The molecule has 2 heterocycles. The second-order valence-corrected chi connectivity index (χ2v) is 9.05. The minimum absolute atomic E-state index is 0.0259. The molecular weight excluding hydrogens is 434 g/mol. The van der Waals surface area contributed by atoms with Gasteiger partial charge in [0.2, 0.25) is 0 Å². The summed E-state index contributed by atoms with van der Waals surface area (Å²) in [4.78, 5) is 26.7. The van der Waals surface area contributed by atoms with Gasteiger partial charge in [0, 0.05) is 42.5 Å². The SMILES string of the molecule is Cc1ccc(-c2cc(Nc3cccc(C(=O)N4CCN(C)CC4c4ccccc4)c3)ncn2)cc1. The average Bonchev–Trinajstić information content (AvgIpc) is 2.89. The number of amides is 1. The van der Waals surface area contributed by atoms with E-state index in [1.54, 1.807) is 6.33 Å². The largest absolute Gasteiger partial charge is 0.340 e. The van der Waals surface area contributed by atoms with Gasteiger partial charge >= 0.3 is 0 Å². The molecule has 1 saturated heterocycles. The minimum Gasteiger partial charge on any atom is -0.340 e. The Morgan fingerprint density at radius 2 is 1.71 bits per heavy atom. The van der Waals surface area contributed by atoms with E-state index in [4.69, 9.17) is 0 Å². The van der Waals surface area contributed by atoms with Gasteiger partial charge in [-0.3, -0.25) is 4.79 Å². The van der Waals surface area contributed by atoms with Crippen LogP contribution < -0.4 is 5.32 Å². The molecule has 6 nitrogen and oxygen atoms in total. The highest BCUT2D eigenvalue weighted by molar-refractivity contribution is 5.95.